The van der Waals surface area contributed by atoms with Gasteiger partial charge in [-0.2, -0.15) is 0 Å². The number of hydrogen-bond acceptors (Lipinski definition) is 4. The van der Waals surface area contributed by atoms with Gasteiger partial charge in [-0.15, -0.1) is 11.8 Å². The van der Waals surface area contributed by atoms with E-state index in [1.54, 1.807) is 23.9 Å². The molecular formula is C14H21NO2S2. The zero-order chi connectivity index (χ0) is 13.9. The van der Waals surface area contributed by atoms with Crippen LogP contribution < -0.4 is 0 Å². The quantitative estimate of drug-likeness (QED) is 0.783. The van der Waals surface area contributed by atoms with Crippen molar-refractivity contribution in [1.29, 1.82) is 0 Å². The van der Waals surface area contributed by atoms with Gasteiger partial charge in [0.15, 0.2) is 9.84 Å². The van der Waals surface area contributed by atoms with E-state index in [-0.39, 0.29) is 0 Å². The van der Waals surface area contributed by atoms with Gasteiger partial charge in [0.2, 0.25) is 0 Å². The maximum Gasteiger partial charge on any atom is 0.176 e. The van der Waals surface area contributed by atoms with Crippen molar-refractivity contribution in [2.45, 2.75) is 35.1 Å². The molecule has 1 aliphatic rings. The number of nitrogens with zero attached hydrogens (tertiary/aromatic N) is 1. The van der Waals surface area contributed by atoms with Crippen molar-refractivity contribution in [3.63, 3.8) is 0 Å². The minimum absolute atomic E-state index is 0.458. The molecule has 2 rings (SSSR count). The molecule has 0 N–H and O–H groups in total. The van der Waals surface area contributed by atoms with Gasteiger partial charge < -0.3 is 4.90 Å². The molecular weight excluding hydrogens is 278 g/mol. The Kier molecular flexibility index (Phi) is 4.92. The fraction of sp³-hybridized carbons (Fsp3) is 0.571. The predicted molar refractivity (Wildman–Crippen MR) is 80.5 cm³/mol. The van der Waals surface area contributed by atoms with E-state index < -0.39 is 9.84 Å². The van der Waals surface area contributed by atoms with Crippen molar-refractivity contribution in [3.05, 3.63) is 24.3 Å². The fourth-order valence-corrected chi connectivity index (χ4v) is 4.91. The molecule has 1 aromatic carbocycles. The summed E-state index contributed by atoms with van der Waals surface area (Å²) in [4.78, 5) is 3.74. The van der Waals surface area contributed by atoms with Gasteiger partial charge in [0.25, 0.3) is 0 Å². The van der Waals surface area contributed by atoms with Crippen LogP contribution in [0.1, 0.15) is 19.3 Å². The Morgan fingerprint density at radius 3 is 2.74 bits per heavy atom. The molecule has 0 saturated carbocycles. The van der Waals surface area contributed by atoms with Gasteiger partial charge >= 0.3 is 0 Å². The Balaban J connectivity index is 1.96. The van der Waals surface area contributed by atoms with Crippen LogP contribution in [0.15, 0.2) is 34.1 Å². The molecule has 0 amide bonds. The number of hydrogen-bond donors (Lipinski definition) is 0. The van der Waals surface area contributed by atoms with E-state index in [0.717, 1.165) is 17.1 Å². The fourth-order valence-electron chi connectivity index (χ4n) is 2.52. The van der Waals surface area contributed by atoms with Crippen LogP contribution in [0.5, 0.6) is 0 Å². The average molecular weight is 299 g/mol. The van der Waals surface area contributed by atoms with Crippen molar-refractivity contribution in [1.82, 2.24) is 4.90 Å². The molecule has 0 unspecified atom stereocenters. The Bertz CT molecular complexity index is 528. The summed E-state index contributed by atoms with van der Waals surface area (Å²) in [6.07, 6.45) is 4.95. The maximum atomic E-state index is 11.7. The van der Waals surface area contributed by atoms with Crippen LogP contribution in [0.4, 0.5) is 0 Å². The van der Waals surface area contributed by atoms with Crippen molar-refractivity contribution in [3.8, 4) is 0 Å². The third-order valence-electron chi connectivity index (χ3n) is 3.63. The van der Waals surface area contributed by atoms with Gasteiger partial charge in [0.05, 0.1) is 4.90 Å². The lowest BCUT2D eigenvalue weighted by Crippen LogP contribution is -2.25. The minimum Gasteiger partial charge on any atom is -0.303 e. The standard InChI is InChI=1S/C14H21NO2S2/c1-15-10-5-6-12(15)9-11-18-13-7-3-4-8-14(13)19(2,16)17/h3-4,7-8,12H,5-6,9-11H2,1-2H3/t12-/m0/s1. The van der Waals surface area contributed by atoms with E-state index >= 15 is 0 Å². The average Bonchev–Trinajstić information content (AvgIpc) is 2.75. The van der Waals surface area contributed by atoms with E-state index in [9.17, 15) is 8.42 Å². The molecule has 1 aliphatic heterocycles. The van der Waals surface area contributed by atoms with Crippen LogP contribution in [0.3, 0.4) is 0 Å². The summed E-state index contributed by atoms with van der Waals surface area (Å²) < 4.78 is 23.4. The Hall–Kier alpha value is -0.520. The van der Waals surface area contributed by atoms with Crippen LogP contribution in [0.25, 0.3) is 0 Å². The van der Waals surface area contributed by atoms with Crippen LogP contribution in [0, 0.1) is 0 Å². The molecule has 106 valence electrons. The Morgan fingerprint density at radius 2 is 2.11 bits per heavy atom. The van der Waals surface area contributed by atoms with Crippen LogP contribution in [0.2, 0.25) is 0 Å². The van der Waals surface area contributed by atoms with Crippen LogP contribution in [-0.2, 0) is 9.84 Å². The zero-order valence-electron chi connectivity index (χ0n) is 11.5. The molecule has 1 aromatic rings. The number of thioether (sulfide) groups is 1. The Labute approximate surface area is 120 Å². The third-order valence-corrected chi connectivity index (χ3v) is 6.02. The second-order valence-electron chi connectivity index (χ2n) is 5.13. The summed E-state index contributed by atoms with van der Waals surface area (Å²) in [6, 6.07) is 7.95. The first-order chi connectivity index (χ1) is 8.98. The van der Waals surface area contributed by atoms with Gasteiger partial charge in [0, 0.05) is 17.2 Å². The second-order valence-corrected chi connectivity index (χ2v) is 8.25. The summed E-state index contributed by atoms with van der Waals surface area (Å²) in [5.74, 6) is 0.974. The van der Waals surface area contributed by atoms with Crippen LogP contribution >= 0.6 is 11.8 Å². The topological polar surface area (TPSA) is 37.4 Å². The molecule has 1 saturated heterocycles. The van der Waals surface area contributed by atoms with Gasteiger partial charge in [-0.3, -0.25) is 0 Å². The highest BCUT2D eigenvalue weighted by atomic mass is 32.2. The minimum atomic E-state index is -3.12. The van der Waals surface area contributed by atoms with E-state index in [1.165, 1.54) is 25.6 Å². The number of likely N-dealkylation sites (tertiary alicyclic amines) is 1. The van der Waals surface area contributed by atoms with E-state index in [0.29, 0.717) is 10.9 Å². The number of sulfone groups is 1. The lowest BCUT2D eigenvalue weighted by molar-refractivity contribution is 0.305. The lowest BCUT2D eigenvalue weighted by atomic mass is 10.2. The molecule has 5 heteroatoms. The highest BCUT2D eigenvalue weighted by molar-refractivity contribution is 8.00. The Morgan fingerprint density at radius 1 is 1.37 bits per heavy atom. The van der Waals surface area contributed by atoms with E-state index in [4.69, 9.17) is 0 Å². The summed E-state index contributed by atoms with van der Waals surface area (Å²) in [7, 11) is -0.952. The first-order valence-corrected chi connectivity index (χ1v) is 9.48. The number of benzene rings is 1. The molecule has 1 heterocycles. The molecule has 0 bridgehead atoms. The molecule has 0 radical (unpaired) electrons. The SMILES string of the molecule is CN1CCC[C@H]1CCSc1ccccc1S(C)(=O)=O. The van der Waals surface area contributed by atoms with Crippen molar-refractivity contribution < 1.29 is 8.42 Å². The van der Waals surface area contributed by atoms with Crippen molar-refractivity contribution in [2.75, 3.05) is 25.6 Å². The summed E-state index contributed by atoms with van der Waals surface area (Å²) in [5, 5.41) is 0. The monoisotopic (exact) mass is 299 g/mol. The van der Waals surface area contributed by atoms with Gasteiger partial charge in [0.1, 0.15) is 0 Å². The highest BCUT2D eigenvalue weighted by Gasteiger charge is 2.20. The second kappa shape index (κ2) is 6.29. The molecule has 0 aromatic heterocycles. The molecule has 19 heavy (non-hydrogen) atoms. The van der Waals surface area contributed by atoms with E-state index in [2.05, 4.69) is 11.9 Å². The molecule has 1 atom stereocenters. The lowest BCUT2D eigenvalue weighted by Gasteiger charge is -2.19. The highest BCUT2D eigenvalue weighted by Crippen LogP contribution is 2.28. The first-order valence-electron chi connectivity index (χ1n) is 6.60. The number of rotatable bonds is 5. The predicted octanol–water partition coefficient (Wildman–Crippen LogP) is 2.67. The smallest absolute Gasteiger partial charge is 0.176 e. The third kappa shape index (κ3) is 3.97. The molecule has 3 nitrogen and oxygen atoms in total. The summed E-state index contributed by atoms with van der Waals surface area (Å²) >= 11 is 1.66. The van der Waals surface area contributed by atoms with Crippen LogP contribution in [-0.4, -0.2) is 45.0 Å². The molecule has 0 spiro atoms. The normalized spacial score (nSPS) is 20.8. The van der Waals surface area contributed by atoms with Crippen molar-refractivity contribution in [2.24, 2.45) is 0 Å². The van der Waals surface area contributed by atoms with E-state index in [1.807, 2.05) is 12.1 Å². The zero-order valence-corrected chi connectivity index (χ0v) is 13.1. The van der Waals surface area contributed by atoms with Gasteiger partial charge in [-0.25, -0.2) is 8.42 Å². The van der Waals surface area contributed by atoms with Gasteiger partial charge in [-0.05, 0) is 50.7 Å². The first kappa shape index (κ1) is 14.9. The van der Waals surface area contributed by atoms with Crippen molar-refractivity contribution >= 4 is 21.6 Å². The molecule has 1 fully saturated rings. The van der Waals surface area contributed by atoms with Gasteiger partial charge in [-0.1, -0.05) is 12.1 Å². The maximum absolute atomic E-state index is 11.7. The largest absolute Gasteiger partial charge is 0.303 e. The summed E-state index contributed by atoms with van der Waals surface area (Å²) in [6.45, 7) is 1.19. The summed E-state index contributed by atoms with van der Waals surface area (Å²) in [5.41, 5.74) is 0. The molecule has 0 aliphatic carbocycles.